The standard InChI is InChI=1S/C23H33N3O2/c27-22(24-11-16-25-12-1-2-13-25)20-5-3-18(4-6-20)17-19-9-14-26(15-10-19)23(28)21-7-8-21/h3-6,19,21H,1-2,7-17H2,(H,24,27). The molecule has 1 aliphatic carbocycles. The maximum absolute atomic E-state index is 12.3. The second kappa shape index (κ2) is 9.08. The van der Waals surface area contributed by atoms with E-state index < -0.39 is 0 Å². The molecule has 0 bridgehead atoms. The first-order valence-corrected chi connectivity index (χ1v) is 11.1. The number of benzene rings is 1. The molecular weight excluding hydrogens is 350 g/mol. The topological polar surface area (TPSA) is 52.7 Å². The number of nitrogens with one attached hydrogen (secondary N) is 1. The number of carbonyl (C=O) groups is 2. The van der Waals surface area contributed by atoms with Crippen molar-refractivity contribution >= 4 is 11.8 Å². The molecule has 1 N–H and O–H groups in total. The van der Waals surface area contributed by atoms with Gasteiger partial charge in [0.25, 0.3) is 5.91 Å². The maximum atomic E-state index is 12.3. The average Bonchev–Trinajstić information content (AvgIpc) is 3.45. The van der Waals surface area contributed by atoms with Gasteiger partial charge < -0.3 is 15.1 Å². The molecule has 28 heavy (non-hydrogen) atoms. The monoisotopic (exact) mass is 383 g/mol. The molecule has 152 valence electrons. The number of rotatable bonds is 7. The molecule has 3 fully saturated rings. The molecular formula is C23H33N3O2. The van der Waals surface area contributed by atoms with Crippen LogP contribution in [0.2, 0.25) is 0 Å². The van der Waals surface area contributed by atoms with E-state index >= 15 is 0 Å². The molecule has 3 aliphatic rings. The van der Waals surface area contributed by atoms with Gasteiger partial charge in [0.1, 0.15) is 0 Å². The number of hydrogen-bond donors (Lipinski definition) is 1. The molecule has 0 spiro atoms. The number of carbonyl (C=O) groups excluding carboxylic acids is 2. The van der Waals surface area contributed by atoms with Gasteiger partial charge in [0, 0.05) is 37.7 Å². The number of likely N-dealkylation sites (tertiary alicyclic amines) is 2. The van der Waals surface area contributed by atoms with Gasteiger partial charge in [-0.25, -0.2) is 0 Å². The minimum absolute atomic E-state index is 0.0256. The van der Waals surface area contributed by atoms with Crippen molar-refractivity contribution in [1.82, 2.24) is 15.1 Å². The van der Waals surface area contributed by atoms with E-state index in [0.29, 0.717) is 17.7 Å². The molecule has 0 radical (unpaired) electrons. The average molecular weight is 384 g/mol. The summed E-state index contributed by atoms with van der Waals surface area (Å²) in [5.41, 5.74) is 2.04. The Morgan fingerprint density at radius 1 is 0.929 bits per heavy atom. The zero-order valence-electron chi connectivity index (χ0n) is 16.9. The van der Waals surface area contributed by atoms with E-state index in [1.165, 1.54) is 18.4 Å². The quantitative estimate of drug-likeness (QED) is 0.788. The zero-order chi connectivity index (χ0) is 19.3. The van der Waals surface area contributed by atoms with E-state index in [1.54, 1.807) is 0 Å². The summed E-state index contributed by atoms with van der Waals surface area (Å²) in [5.74, 6) is 1.39. The summed E-state index contributed by atoms with van der Waals surface area (Å²) in [5, 5.41) is 3.04. The van der Waals surface area contributed by atoms with Crippen LogP contribution >= 0.6 is 0 Å². The minimum atomic E-state index is 0.0256. The summed E-state index contributed by atoms with van der Waals surface area (Å²) in [6, 6.07) is 8.09. The summed E-state index contributed by atoms with van der Waals surface area (Å²) >= 11 is 0. The first-order chi connectivity index (χ1) is 13.7. The Balaban J connectivity index is 1.19. The van der Waals surface area contributed by atoms with Gasteiger partial charge in [-0.1, -0.05) is 12.1 Å². The lowest BCUT2D eigenvalue weighted by molar-refractivity contribution is -0.133. The Bertz CT molecular complexity index is 670. The van der Waals surface area contributed by atoms with Gasteiger partial charge >= 0.3 is 0 Å². The van der Waals surface area contributed by atoms with Crippen LogP contribution in [-0.4, -0.2) is 60.9 Å². The summed E-state index contributed by atoms with van der Waals surface area (Å²) in [4.78, 5) is 29.0. The Morgan fingerprint density at radius 2 is 1.61 bits per heavy atom. The highest BCUT2D eigenvalue weighted by Crippen LogP contribution is 2.32. The lowest BCUT2D eigenvalue weighted by Gasteiger charge is -2.32. The smallest absolute Gasteiger partial charge is 0.251 e. The third-order valence-corrected chi connectivity index (χ3v) is 6.51. The van der Waals surface area contributed by atoms with Crippen LogP contribution in [0.3, 0.4) is 0 Å². The van der Waals surface area contributed by atoms with E-state index in [2.05, 4.69) is 27.2 Å². The second-order valence-electron chi connectivity index (χ2n) is 8.75. The second-order valence-corrected chi connectivity index (χ2v) is 8.75. The van der Waals surface area contributed by atoms with Gasteiger partial charge in [0.2, 0.25) is 5.91 Å². The van der Waals surface area contributed by atoms with E-state index in [-0.39, 0.29) is 5.91 Å². The summed E-state index contributed by atoms with van der Waals surface area (Å²) in [7, 11) is 0. The van der Waals surface area contributed by atoms with Crippen molar-refractivity contribution in [2.45, 2.75) is 44.9 Å². The molecule has 5 nitrogen and oxygen atoms in total. The lowest BCUT2D eigenvalue weighted by atomic mass is 9.89. The van der Waals surface area contributed by atoms with Crippen molar-refractivity contribution in [1.29, 1.82) is 0 Å². The van der Waals surface area contributed by atoms with Crippen molar-refractivity contribution in [3.05, 3.63) is 35.4 Å². The van der Waals surface area contributed by atoms with Crippen LogP contribution in [0.4, 0.5) is 0 Å². The molecule has 4 rings (SSSR count). The van der Waals surface area contributed by atoms with E-state index in [1.807, 2.05) is 12.1 Å². The molecule has 2 aliphatic heterocycles. The minimum Gasteiger partial charge on any atom is -0.351 e. The van der Waals surface area contributed by atoms with Gasteiger partial charge in [-0.15, -0.1) is 0 Å². The van der Waals surface area contributed by atoms with Gasteiger partial charge in [-0.3, -0.25) is 9.59 Å². The zero-order valence-corrected chi connectivity index (χ0v) is 16.9. The Labute approximate surface area is 168 Å². The van der Waals surface area contributed by atoms with Crippen molar-refractivity contribution in [3.63, 3.8) is 0 Å². The molecule has 2 heterocycles. The fourth-order valence-corrected chi connectivity index (χ4v) is 4.51. The fourth-order valence-electron chi connectivity index (χ4n) is 4.51. The number of amides is 2. The first-order valence-electron chi connectivity index (χ1n) is 11.1. The molecule has 1 aromatic carbocycles. The number of nitrogens with zero attached hydrogens (tertiary/aromatic N) is 2. The molecule has 0 aromatic heterocycles. The largest absolute Gasteiger partial charge is 0.351 e. The molecule has 5 heteroatoms. The van der Waals surface area contributed by atoms with Crippen LogP contribution in [0.15, 0.2) is 24.3 Å². The molecule has 1 saturated carbocycles. The normalized spacial score (nSPS) is 21.1. The van der Waals surface area contributed by atoms with Crippen molar-refractivity contribution < 1.29 is 9.59 Å². The predicted octanol–water partition coefficient (Wildman–Crippen LogP) is 2.70. The summed E-state index contributed by atoms with van der Waals surface area (Å²) in [6.45, 7) is 5.83. The predicted molar refractivity (Wildman–Crippen MR) is 110 cm³/mol. The van der Waals surface area contributed by atoms with Crippen LogP contribution in [0.5, 0.6) is 0 Å². The third-order valence-electron chi connectivity index (χ3n) is 6.51. The molecule has 0 atom stereocenters. The van der Waals surface area contributed by atoms with Gasteiger partial charge in [-0.2, -0.15) is 0 Å². The maximum Gasteiger partial charge on any atom is 0.251 e. The highest BCUT2D eigenvalue weighted by atomic mass is 16.2. The molecule has 2 saturated heterocycles. The van der Waals surface area contributed by atoms with Crippen LogP contribution in [0, 0.1) is 11.8 Å². The third kappa shape index (κ3) is 5.13. The molecule has 2 amide bonds. The Morgan fingerprint density at radius 3 is 2.25 bits per heavy atom. The van der Waals surface area contributed by atoms with Crippen molar-refractivity contribution in [2.75, 3.05) is 39.3 Å². The van der Waals surface area contributed by atoms with Crippen LogP contribution < -0.4 is 5.32 Å². The SMILES string of the molecule is O=C(NCCN1CCCC1)c1ccc(CC2CCN(C(=O)C3CC3)CC2)cc1. The van der Waals surface area contributed by atoms with E-state index in [9.17, 15) is 9.59 Å². The van der Waals surface area contributed by atoms with Crippen molar-refractivity contribution in [3.8, 4) is 0 Å². The molecule has 1 aromatic rings. The Hall–Kier alpha value is -1.88. The van der Waals surface area contributed by atoms with Gasteiger partial charge in [-0.05, 0) is 81.6 Å². The van der Waals surface area contributed by atoms with Crippen LogP contribution in [0.25, 0.3) is 0 Å². The van der Waals surface area contributed by atoms with E-state index in [0.717, 1.165) is 76.9 Å². The highest BCUT2D eigenvalue weighted by molar-refractivity contribution is 5.94. The van der Waals surface area contributed by atoms with Crippen LogP contribution in [-0.2, 0) is 11.2 Å². The lowest BCUT2D eigenvalue weighted by Crippen LogP contribution is -2.39. The fraction of sp³-hybridized carbons (Fsp3) is 0.652. The number of piperidine rings is 1. The Kier molecular flexibility index (Phi) is 6.30. The van der Waals surface area contributed by atoms with Gasteiger partial charge in [0.05, 0.1) is 0 Å². The van der Waals surface area contributed by atoms with Crippen LogP contribution in [0.1, 0.15) is 54.4 Å². The molecule has 0 unspecified atom stereocenters. The summed E-state index contributed by atoms with van der Waals surface area (Å²) < 4.78 is 0. The van der Waals surface area contributed by atoms with E-state index in [4.69, 9.17) is 0 Å². The van der Waals surface area contributed by atoms with Crippen molar-refractivity contribution in [2.24, 2.45) is 11.8 Å². The first kappa shape index (κ1) is 19.4. The highest BCUT2D eigenvalue weighted by Gasteiger charge is 2.34. The number of hydrogen-bond acceptors (Lipinski definition) is 3. The van der Waals surface area contributed by atoms with Gasteiger partial charge in [0.15, 0.2) is 0 Å². The summed E-state index contributed by atoms with van der Waals surface area (Å²) in [6.07, 6.45) is 7.99.